The van der Waals surface area contributed by atoms with Crippen molar-refractivity contribution in [2.24, 2.45) is 0 Å². The molecule has 1 fully saturated rings. The third kappa shape index (κ3) is 12.7. The number of benzene rings is 7. The Kier molecular flexibility index (Phi) is 16.1. The van der Waals surface area contributed by atoms with E-state index in [9.17, 15) is 0 Å². The van der Waals surface area contributed by atoms with Crippen LogP contribution in [0.2, 0.25) is 0 Å². The van der Waals surface area contributed by atoms with Gasteiger partial charge in [0.2, 0.25) is 0 Å². The maximum absolute atomic E-state index is 7.22. The van der Waals surface area contributed by atoms with E-state index in [1.807, 2.05) is 73.3 Å². The fourth-order valence-electron chi connectivity index (χ4n) is 7.94. The quantitative estimate of drug-likeness (QED) is 0.0713. The van der Waals surface area contributed by atoms with Gasteiger partial charge in [-0.25, -0.2) is 0 Å². The van der Waals surface area contributed by atoms with Gasteiger partial charge in [-0.2, -0.15) is 0 Å². The van der Waals surface area contributed by atoms with Gasteiger partial charge in [-0.05, 0) is 70.5 Å². The predicted octanol–water partition coefficient (Wildman–Crippen LogP) is 12.4. The maximum atomic E-state index is 7.22. The van der Waals surface area contributed by atoms with Crippen molar-refractivity contribution in [2.75, 3.05) is 13.2 Å². The first kappa shape index (κ1) is 44.0. The minimum absolute atomic E-state index is 0.128. The molecule has 0 N–H and O–H groups in total. The highest BCUT2D eigenvalue weighted by atomic mass is 32.2. The Bertz CT molecular complexity index is 2370. The van der Waals surface area contributed by atoms with E-state index in [4.69, 9.17) is 28.4 Å². The van der Waals surface area contributed by atoms with Crippen LogP contribution in [0.4, 0.5) is 0 Å². The average molecular weight is 857 g/mol. The van der Waals surface area contributed by atoms with Crippen LogP contribution < -0.4 is 9.47 Å². The summed E-state index contributed by atoms with van der Waals surface area (Å²) in [4.78, 5) is 0. The molecule has 1 saturated heterocycles. The van der Waals surface area contributed by atoms with Gasteiger partial charge in [0.25, 0.3) is 0 Å². The van der Waals surface area contributed by atoms with Crippen LogP contribution in [0.15, 0.2) is 194 Å². The van der Waals surface area contributed by atoms with Gasteiger partial charge in [0.15, 0.2) is 0 Å². The second kappa shape index (κ2) is 23.1. The second-order valence-corrected chi connectivity index (χ2v) is 17.2. The first-order valence-electron chi connectivity index (χ1n) is 21.9. The van der Waals surface area contributed by atoms with Crippen LogP contribution >= 0.6 is 11.8 Å². The van der Waals surface area contributed by atoms with Crippen LogP contribution in [0.25, 0.3) is 0 Å². The molecule has 0 radical (unpaired) electrons. The number of hydrogen-bond acceptors (Lipinski definition) is 7. The summed E-state index contributed by atoms with van der Waals surface area (Å²) < 4.78 is 40.7. The van der Waals surface area contributed by atoms with Crippen LogP contribution in [-0.4, -0.2) is 36.8 Å². The molecule has 7 aromatic rings. The van der Waals surface area contributed by atoms with Crippen LogP contribution in [0.3, 0.4) is 0 Å². The zero-order valence-corrected chi connectivity index (χ0v) is 36.7. The third-order valence-corrected chi connectivity index (χ3v) is 12.7. The highest BCUT2D eigenvalue weighted by Gasteiger charge is 2.49. The van der Waals surface area contributed by atoms with E-state index in [0.717, 1.165) is 51.3 Å². The molecule has 5 atom stereocenters. The van der Waals surface area contributed by atoms with Crippen LogP contribution in [0.5, 0.6) is 11.5 Å². The molecule has 7 aromatic carbocycles. The van der Waals surface area contributed by atoms with E-state index in [-0.39, 0.29) is 16.6 Å². The number of rotatable bonds is 21. The lowest BCUT2D eigenvalue weighted by molar-refractivity contribution is -0.160. The van der Waals surface area contributed by atoms with Crippen molar-refractivity contribution in [2.45, 2.75) is 75.2 Å². The Balaban J connectivity index is 1.21. The Labute approximate surface area is 377 Å². The normalized spacial score (nSPS) is 18.5. The Morgan fingerprint density at radius 3 is 1.40 bits per heavy atom. The van der Waals surface area contributed by atoms with E-state index in [1.54, 1.807) is 0 Å². The molecule has 8 rings (SSSR count). The summed E-state index contributed by atoms with van der Waals surface area (Å²) in [5.74, 6) is 1.68. The summed E-state index contributed by atoms with van der Waals surface area (Å²) in [6.45, 7) is 5.22. The first-order valence-corrected chi connectivity index (χ1v) is 22.9. The summed E-state index contributed by atoms with van der Waals surface area (Å²) >= 11 is 1.84. The molecular formula is C56H56O6S. The van der Waals surface area contributed by atoms with Crippen LogP contribution in [-0.2, 0) is 58.4 Å². The molecular weight excluding hydrogens is 801 g/mol. The molecule has 1 aliphatic rings. The molecule has 0 spiro atoms. The van der Waals surface area contributed by atoms with Crippen molar-refractivity contribution >= 4 is 11.8 Å². The highest BCUT2D eigenvalue weighted by Crippen LogP contribution is 2.50. The fourth-order valence-corrected chi connectivity index (χ4v) is 9.60. The molecule has 0 bridgehead atoms. The second-order valence-electron chi connectivity index (χ2n) is 15.8. The van der Waals surface area contributed by atoms with Gasteiger partial charge in [-0.15, -0.1) is 11.8 Å². The highest BCUT2D eigenvalue weighted by molar-refractivity contribution is 8.00. The lowest BCUT2D eigenvalue weighted by Gasteiger charge is -2.46. The van der Waals surface area contributed by atoms with Gasteiger partial charge in [0.05, 0.1) is 50.1 Å². The smallest absolute Gasteiger partial charge is 0.124 e. The van der Waals surface area contributed by atoms with E-state index in [1.165, 1.54) is 11.1 Å². The van der Waals surface area contributed by atoms with E-state index >= 15 is 0 Å². The topological polar surface area (TPSA) is 55.4 Å². The standard InChI is InChI=1S/C56H56O6S/c1-2-58-49-31-28-42(29-32-49)34-48-30-33-51(59-37-44-20-10-4-11-21-44)50(35-48)56-55(62-40-47-26-16-7-17-27-47)54(61-39-46-24-14-6-15-25-46)53(60-38-45-22-12-5-13-23-45)52(63-56)41-57-36-43-18-8-3-9-19-43/h3-33,35,52-56H,2,34,36-41H2,1H3/t52-,53-,54+,55-,56+/m1/s1. The monoisotopic (exact) mass is 856 g/mol. The summed E-state index contributed by atoms with van der Waals surface area (Å²) in [6, 6.07) is 66.8. The van der Waals surface area contributed by atoms with Gasteiger partial charge in [0, 0.05) is 5.56 Å². The van der Waals surface area contributed by atoms with Gasteiger partial charge in [-0.1, -0.05) is 176 Å². The molecule has 0 amide bonds. The summed E-state index contributed by atoms with van der Waals surface area (Å²) in [6.07, 6.45) is -0.561. The van der Waals surface area contributed by atoms with Gasteiger partial charge >= 0.3 is 0 Å². The summed E-state index contributed by atoms with van der Waals surface area (Å²) in [5, 5.41) is -0.348. The molecule has 0 aliphatic carbocycles. The number of ether oxygens (including phenoxy) is 6. The molecule has 63 heavy (non-hydrogen) atoms. The largest absolute Gasteiger partial charge is 0.494 e. The van der Waals surface area contributed by atoms with E-state index in [2.05, 4.69) is 140 Å². The minimum atomic E-state index is -0.481. The van der Waals surface area contributed by atoms with Crippen molar-refractivity contribution in [3.8, 4) is 11.5 Å². The molecule has 1 heterocycles. The van der Waals surface area contributed by atoms with Crippen LogP contribution in [0.1, 0.15) is 56.7 Å². The van der Waals surface area contributed by atoms with Gasteiger partial charge in [-0.3, -0.25) is 0 Å². The summed E-state index contributed by atoms with van der Waals surface area (Å²) in [7, 11) is 0. The lowest BCUT2D eigenvalue weighted by Crippen LogP contribution is -2.54. The zero-order valence-electron chi connectivity index (χ0n) is 35.9. The fraction of sp³-hybridized carbons (Fsp3) is 0.250. The third-order valence-electron chi connectivity index (χ3n) is 11.1. The average Bonchev–Trinajstić information content (AvgIpc) is 3.34. The maximum Gasteiger partial charge on any atom is 0.124 e. The van der Waals surface area contributed by atoms with E-state index < -0.39 is 12.2 Å². The van der Waals surface area contributed by atoms with Crippen LogP contribution in [0, 0.1) is 0 Å². The van der Waals surface area contributed by atoms with Crippen molar-refractivity contribution < 1.29 is 28.4 Å². The first-order chi connectivity index (χ1) is 31.2. The van der Waals surface area contributed by atoms with Gasteiger partial charge < -0.3 is 28.4 Å². The SMILES string of the molecule is CCOc1ccc(Cc2ccc(OCc3ccccc3)c([C@@H]3S[C@H](COCc4ccccc4)[C@@H](OCc4ccccc4)[C@H](OCc4ccccc4)[C@H]3OCc3ccccc3)c2)cc1. The Morgan fingerprint density at radius 1 is 0.413 bits per heavy atom. The molecule has 1 aliphatic heterocycles. The summed E-state index contributed by atoms with van der Waals surface area (Å²) in [5.41, 5.74) is 8.90. The zero-order chi connectivity index (χ0) is 42.9. The number of thioether (sulfide) groups is 1. The predicted molar refractivity (Wildman–Crippen MR) is 253 cm³/mol. The Hall–Kier alpha value is -5.67. The van der Waals surface area contributed by atoms with Crippen molar-refractivity contribution in [1.82, 2.24) is 0 Å². The minimum Gasteiger partial charge on any atom is -0.494 e. The molecule has 0 saturated carbocycles. The Morgan fingerprint density at radius 2 is 0.873 bits per heavy atom. The van der Waals surface area contributed by atoms with E-state index in [0.29, 0.717) is 46.2 Å². The molecule has 0 unspecified atom stereocenters. The van der Waals surface area contributed by atoms with Gasteiger partial charge in [0.1, 0.15) is 36.4 Å². The van der Waals surface area contributed by atoms with Crippen molar-refractivity contribution in [1.29, 1.82) is 0 Å². The van der Waals surface area contributed by atoms with Crippen molar-refractivity contribution in [3.05, 3.63) is 239 Å². The molecule has 6 nitrogen and oxygen atoms in total. The molecule has 0 aromatic heterocycles. The van der Waals surface area contributed by atoms with Crippen molar-refractivity contribution in [3.63, 3.8) is 0 Å². The molecule has 322 valence electrons. The molecule has 7 heteroatoms. The lowest BCUT2D eigenvalue weighted by atomic mass is 9.93. The number of hydrogen-bond donors (Lipinski definition) is 0.